The molecule has 0 bridgehead atoms. The van der Waals surface area contributed by atoms with Crippen molar-refractivity contribution in [3.8, 4) is 12.1 Å². The van der Waals surface area contributed by atoms with E-state index in [1.807, 2.05) is 13.8 Å². The molecule has 0 saturated carbocycles. The Kier molecular flexibility index (Phi) is 16.5. The first kappa shape index (κ1) is 47.4. The number of halogens is 4. The molecule has 0 aliphatic carbocycles. The van der Waals surface area contributed by atoms with Gasteiger partial charge in [0.2, 0.25) is 17.7 Å². The van der Waals surface area contributed by atoms with Gasteiger partial charge in [-0.25, -0.2) is 17.6 Å². The smallest absolute Gasteiger partial charge is 0.268 e. The molecule has 2 aliphatic rings. The van der Waals surface area contributed by atoms with Crippen LogP contribution in [0, 0.1) is 28.6 Å². The summed E-state index contributed by atoms with van der Waals surface area (Å²) in [5.41, 5.74) is 1.48. The number of hydrogen-bond acceptors (Lipinski definition) is 11. The zero-order valence-electron chi connectivity index (χ0n) is 33.5. The average Bonchev–Trinajstić information content (AvgIpc) is 3.69. The highest BCUT2D eigenvalue weighted by molar-refractivity contribution is 5.99. The number of carbonyl (C=O) groups is 6. The van der Waals surface area contributed by atoms with Crippen LogP contribution in [0.3, 0.4) is 0 Å². The second kappa shape index (κ2) is 20.6. The first-order valence-corrected chi connectivity index (χ1v) is 18.8. The van der Waals surface area contributed by atoms with Crippen molar-refractivity contribution in [1.29, 1.82) is 10.5 Å². The molecule has 2 aromatic heterocycles. The highest BCUT2D eigenvalue weighted by Crippen LogP contribution is 2.33. The van der Waals surface area contributed by atoms with Gasteiger partial charge in [0, 0.05) is 54.9 Å². The van der Waals surface area contributed by atoms with Crippen LogP contribution in [0.25, 0.3) is 0 Å². The van der Waals surface area contributed by atoms with Gasteiger partial charge in [-0.1, -0.05) is 27.7 Å². The van der Waals surface area contributed by atoms with Gasteiger partial charge < -0.3 is 31.1 Å². The number of nitrogens with one attached hydrogen (secondary N) is 4. The van der Waals surface area contributed by atoms with Crippen LogP contribution in [-0.4, -0.2) is 110 Å². The maximum atomic E-state index is 13.6. The van der Waals surface area contributed by atoms with Crippen molar-refractivity contribution in [2.45, 2.75) is 116 Å². The Labute approximate surface area is 339 Å². The van der Waals surface area contributed by atoms with E-state index in [9.17, 15) is 46.3 Å². The van der Waals surface area contributed by atoms with Crippen molar-refractivity contribution < 1.29 is 46.3 Å². The number of alkyl halides is 4. The van der Waals surface area contributed by atoms with E-state index in [-0.39, 0.29) is 36.3 Å². The first-order chi connectivity index (χ1) is 27.6. The third-order valence-electron chi connectivity index (χ3n) is 9.13. The topological polar surface area (TPSA) is 230 Å². The molecular weight excluding hydrogens is 780 g/mol. The van der Waals surface area contributed by atoms with Gasteiger partial charge in [0.15, 0.2) is 0 Å². The molecule has 0 aromatic carbocycles. The van der Waals surface area contributed by atoms with E-state index in [0.29, 0.717) is 23.5 Å². The fourth-order valence-corrected chi connectivity index (χ4v) is 5.86. The van der Waals surface area contributed by atoms with Gasteiger partial charge in [-0.15, -0.1) is 0 Å². The van der Waals surface area contributed by atoms with E-state index in [2.05, 4.69) is 31.2 Å². The van der Waals surface area contributed by atoms with Gasteiger partial charge in [0.25, 0.3) is 23.7 Å². The number of nitrogens with zero attached hydrogens (tertiary/aromatic N) is 6. The number of likely N-dealkylation sites (tertiary alicyclic amines) is 2. The Morgan fingerprint density at radius 3 is 1.56 bits per heavy atom. The minimum Gasteiger partial charge on any atom is -0.350 e. The number of hydrogen-bond donors (Lipinski definition) is 4. The van der Waals surface area contributed by atoms with Crippen LogP contribution in [0.2, 0.25) is 0 Å². The van der Waals surface area contributed by atoms with E-state index >= 15 is 0 Å². The number of rotatable bonds is 14. The molecule has 4 heterocycles. The molecule has 2 saturated heterocycles. The Morgan fingerprint density at radius 1 is 0.746 bits per heavy atom. The zero-order valence-corrected chi connectivity index (χ0v) is 33.5. The highest BCUT2D eigenvalue weighted by atomic mass is 19.3. The van der Waals surface area contributed by atoms with Crippen molar-refractivity contribution in [2.24, 2.45) is 5.92 Å². The maximum absolute atomic E-state index is 13.6. The summed E-state index contributed by atoms with van der Waals surface area (Å²) in [5.74, 6) is -9.80. The summed E-state index contributed by atoms with van der Waals surface area (Å²) < 4.78 is 54.2. The van der Waals surface area contributed by atoms with Gasteiger partial charge in [0.1, 0.15) is 30.0 Å². The lowest BCUT2D eigenvalue weighted by Gasteiger charge is -2.23. The minimum absolute atomic E-state index is 0.00742. The Hall–Kier alpha value is -6.02. The van der Waals surface area contributed by atoms with Crippen LogP contribution >= 0.6 is 0 Å². The van der Waals surface area contributed by atoms with Gasteiger partial charge >= 0.3 is 0 Å². The lowest BCUT2D eigenvalue weighted by Crippen LogP contribution is -2.48. The van der Waals surface area contributed by atoms with Gasteiger partial charge in [-0.2, -0.15) is 10.5 Å². The minimum atomic E-state index is -3.15. The van der Waals surface area contributed by atoms with Crippen LogP contribution < -0.4 is 21.3 Å². The largest absolute Gasteiger partial charge is 0.350 e. The number of aromatic nitrogens is 2. The summed E-state index contributed by atoms with van der Waals surface area (Å²) in [6.45, 7) is 8.91. The molecular formula is C39H48F4N10O6. The molecule has 5 amide bonds. The van der Waals surface area contributed by atoms with Crippen LogP contribution in [-0.2, 0) is 32.3 Å². The van der Waals surface area contributed by atoms with E-state index in [1.54, 1.807) is 32.1 Å². The molecule has 0 radical (unpaired) electrons. The SMILES string of the molecule is CC(C)C(=O)CC(=O)NCc1cc(C(=O)N[C@H](C)C(=O)N2CC(F)(F)C[C@H]2C#N)ccn1.CC(C)NCc1cc(C(=O)N[C@H](C)C(=O)N2CC(F)(F)C[C@H]2C#N)ccn1. The van der Waals surface area contributed by atoms with Gasteiger partial charge in [0.05, 0.1) is 49.6 Å². The van der Waals surface area contributed by atoms with E-state index in [1.165, 1.54) is 44.4 Å². The monoisotopic (exact) mass is 828 g/mol. The van der Waals surface area contributed by atoms with Crippen molar-refractivity contribution >= 4 is 35.3 Å². The second-order valence-corrected chi connectivity index (χ2v) is 14.9. The predicted molar refractivity (Wildman–Crippen MR) is 202 cm³/mol. The summed E-state index contributed by atoms with van der Waals surface area (Å²) in [6.07, 6.45) is 1.15. The maximum Gasteiger partial charge on any atom is 0.268 e. The number of pyridine rings is 2. The normalized spacial score (nSPS) is 18.7. The summed E-state index contributed by atoms with van der Waals surface area (Å²) >= 11 is 0. The number of amides is 5. The average molecular weight is 829 g/mol. The molecule has 0 spiro atoms. The van der Waals surface area contributed by atoms with E-state index in [0.717, 1.165) is 9.80 Å². The highest BCUT2D eigenvalue weighted by Gasteiger charge is 2.49. The van der Waals surface area contributed by atoms with Gasteiger partial charge in [-0.05, 0) is 38.1 Å². The molecule has 4 N–H and O–H groups in total. The van der Waals surface area contributed by atoms with E-state index < -0.39 is 91.5 Å². The van der Waals surface area contributed by atoms with Crippen LogP contribution in [0.15, 0.2) is 36.7 Å². The third kappa shape index (κ3) is 14.1. The number of carbonyl (C=O) groups excluding carboxylic acids is 6. The molecule has 318 valence electrons. The molecule has 2 aromatic rings. The molecule has 2 aliphatic heterocycles. The van der Waals surface area contributed by atoms with Crippen molar-refractivity contribution in [3.63, 3.8) is 0 Å². The van der Waals surface area contributed by atoms with Crippen molar-refractivity contribution in [2.75, 3.05) is 13.1 Å². The van der Waals surface area contributed by atoms with Crippen LogP contribution in [0.5, 0.6) is 0 Å². The fourth-order valence-electron chi connectivity index (χ4n) is 5.86. The third-order valence-corrected chi connectivity index (χ3v) is 9.13. The first-order valence-electron chi connectivity index (χ1n) is 18.8. The fraction of sp³-hybridized carbons (Fsp3) is 0.538. The summed E-state index contributed by atoms with van der Waals surface area (Å²) in [6, 6.07) is 4.95. The van der Waals surface area contributed by atoms with E-state index in [4.69, 9.17) is 10.5 Å². The lowest BCUT2D eigenvalue weighted by molar-refractivity contribution is -0.134. The molecule has 4 rings (SSSR count). The van der Waals surface area contributed by atoms with Crippen LogP contribution in [0.1, 0.15) is 92.9 Å². The molecule has 16 nitrogen and oxygen atoms in total. The molecule has 20 heteroatoms. The Morgan fingerprint density at radius 2 is 1.17 bits per heavy atom. The summed E-state index contributed by atoms with van der Waals surface area (Å²) in [7, 11) is 0. The van der Waals surface area contributed by atoms with Crippen molar-refractivity contribution in [3.05, 3.63) is 59.2 Å². The summed E-state index contributed by atoms with van der Waals surface area (Å²) in [4.78, 5) is 83.1. The standard InChI is InChI=1S/C21H25F2N5O4.C18H23F2N5O2/c1-12(2)17(29)7-18(30)26-10-15-6-14(4-5-25-15)19(31)27-13(3)20(32)28-11-21(22,23)8-16(28)9-24;1-11(2)23-9-14-6-13(4-5-22-14)16(26)24-12(3)17(27)25-10-18(19,20)7-15(25)8-21/h4-6,12-13,16H,7-8,10-11H2,1-3H3,(H,26,30)(H,27,31);4-6,11-12,15,23H,7,9-10H2,1-3H3,(H,24,26)/t13-,16+;12-,15+/m11/s1. The van der Waals surface area contributed by atoms with Crippen LogP contribution in [0.4, 0.5) is 17.6 Å². The quantitative estimate of drug-likeness (QED) is 0.160. The Bertz CT molecular complexity index is 1970. The van der Waals surface area contributed by atoms with Crippen molar-refractivity contribution in [1.82, 2.24) is 41.0 Å². The summed E-state index contributed by atoms with van der Waals surface area (Å²) in [5, 5.41) is 28.7. The molecule has 2 fully saturated rings. The Balaban J connectivity index is 0.000000320. The molecule has 0 unspecified atom stereocenters. The lowest BCUT2D eigenvalue weighted by atomic mass is 10.1. The number of nitriles is 2. The predicted octanol–water partition coefficient (Wildman–Crippen LogP) is 2.65. The molecule has 59 heavy (non-hydrogen) atoms. The van der Waals surface area contributed by atoms with Gasteiger partial charge in [-0.3, -0.25) is 38.7 Å². The number of Topliss-reactive ketones (excluding diaryl/α,β-unsaturated/α-hetero) is 1. The zero-order chi connectivity index (χ0) is 44.2. The number of ketones is 1. The molecule has 4 atom stereocenters. The second-order valence-electron chi connectivity index (χ2n) is 14.9.